The number of H-pyrrole nitrogens is 1. The normalized spacial score (nSPS) is 11.3. The highest BCUT2D eigenvalue weighted by molar-refractivity contribution is 6.30. The predicted molar refractivity (Wildman–Crippen MR) is 108 cm³/mol. The van der Waals surface area contributed by atoms with Gasteiger partial charge in [-0.1, -0.05) is 17.7 Å². The van der Waals surface area contributed by atoms with Crippen LogP contribution in [0.5, 0.6) is 0 Å². The molecule has 0 fully saturated rings. The van der Waals surface area contributed by atoms with Crippen molar-refractivity contribution in [2.45, 2.75) is 6.54 Å². The Labute approximate surface area is 160 Å². The van der Waals surface area contributed by atoms with Gasteiger partial charge in [0.25, 0.3) is 0 Å². The quantitative estimate of drug-likeness (QED) is 0.480. The fraction of sp³-hybridized carbons (Fsp3) is 0.0476. The van der Waals surface area contributed by atoms with E-state index in [1.807, 2.05) is 48.6 Å². The van der Waals surface area contributed by atoms with Gasteiger partial charge in [0.15, 0.2) is 0 Å². The van der Waals surface area contributed by atoms with E-state index in [2.05, 4.69) is 20.5 Å². The predicted octanol–water partition coefficient (Wildman–Crippen LogP) is 5.53. The summed E-state index contributed by atoms with van der Waals surface area (Å²) in [5.41, 5.74) is 4.33. The Morgan fingerprint density at radius 2 is 2.00 bits per heavy atom. The summed E-state index contributed by atoms with van der Waals surface area (Å²) < 4.78 is 13.5. The number of aromatic amines is 1. The van der Waals surface area contributed by atoms with Crippen molar-refractivity contribution in [3.8, 4) is 0 Å². The van der Waals surface area contributed by atoms with Crippen LogP contribution in [0.4, 0.5) is 10.1 Å². The fourth-order valence-corrected chi connectivity index (χ4v) is 3.07. The van der Waals surface area contributed by atoms with E-state index >= 15 is 0 Å². The molecule has 2 aromatic carbocycles. The summed E-state index contributed by atoms with van der Waals surface area (Å²) in [6, 6.07) is 16.2. The van der Waals surface area contributed by atoms with Gasteiger partial charge in [-0.25, -0.2) is 4.39 Å². The van der Waals surface area contributed by atoms with Crippen LogP contribution in [0.2, 0.25) is 5.02 Å². The highest BCUT2D eigenvalue weighted by Crippen LogP contribution is 2.23. The Balaban J connectivity index is 1.55. The van der Waals surface area contributed by atoms with Gasteiger partial charge in [-0.15, -0.1) is 0 Å². The van der Waals surface area contributed by atoms with Crippen molar-refractivity contribution < 1.29 is 4.39 Å². The van der Waals surface area contributed by atoms with Crippen LogP contribution >= 0.6 is 11.6 Å². The maximum atomic E-state index is 13.5. The molecule has 4 rings (SSSR count). The first-order valence-corrected chi connectivity index (χ1v) is 8.81. The maximum absolute atomic E-state index is 13.5. The van der Waals surface area contributed by atoms with Crippen LogP contribution in [0, 0.1) is 5.82 Å². The lowest BCUT2D eigenvalue weighted by molar-refractivity contribution is 0.626. The van der Waals surface area contributed by atoms with E-state index in [1.165, 1.54) is 12.1 Å². The molecule has 27 heavy (non-hydrogen) atoms. The molecular weight excluding hydrogens is 363 g/mol. The second kappa shape index (κ2) is 7.60. The Morgan fingerprint density at radius 3 is 2.81 bits per heavy atom. The molecule has 0 unspecified atom stereocenters. The molecule has 0 saturated heterocycles. The van der Waals surface area contributed by atoms with Crippen molar-refractivity contribution >= 4 is 40.3 Å². The molecule has 134 valence electrons. The Hall–Kier alpha value is -3.18. The van der Waals surface area contributed by atoms with Gasteiger partial charge in [0, 0.05) is 28.8 Å². The zero-order valence-electron chi connectivity index (χ0n) is 14.3. The molecule has 0 radical (unpaired) electrons. The first-order valence-electron chi connectivity index (χ1n) is 8.43. The fourth-order valence-electron chi connectivity index (χ4n) is 2.83. The number of nitrogens with one attached hydrogen (secondary N) is 2. The highest BCUT2D eigenvalue weighted by Gasteiger charge is 2.05. The minimum atomic E-state index is -0.341. The number of nitrogens with zero attached hydrogens (tertiary/aromatic N) is 2. The van der Waals surface area contributed by atoms with Crippen molar-refractivity contribution in [1.29, 1.82) is 0 Å². The van der Waals surface area contributed by atoms with Crippen LogP contribution in [-0.2, 0) is 6.54 Å². The number of hydrogen-bond donors (Lipinski definition) is 2. The first kappa shape index (κ1) is 17.2. The second-order valence-electron chi connectivity index (χ2n) is 6.09. The molecule has 0 amide bonds. The average Bonchev–Trinajstić information content (AvgIpc) is 3.07. The van der Waals surface area contributed by atoms with Crippen molar-refractivity contribution in [3.05, 3.63) is 88.6 Å². The van der Waals surface area contributed by atoms with E-state index in [4.69, 9.17) is 11.6 Å². The molecule has 0 spiro atoms. The summed E-state index contributed by atoms with van der Waals surface area (Å²) in [6.07, 6.45) is 5.60. The topological polar surface area (TPSA) is 53.6 Å². The van der Waals surface area contributed by atoms with Crippen molar-refractivity contribution in [1.82, 2.24) is 15.2 Å². The monoisotopic (exact) mass is 378 g/mol. The molecule has 2 heterocycles. The smallest absolute Gasteiger partial charge is 0.125 e. The number of benzene rings is 2. The Bertz CT molecular complexity index is 1090. The van der Waals surface area contributed by atoms with E-state index in [9.17, 15) is 4.39 Å². The zero-order valence-corrected chi connectivity index (χ0v) is 15.0. The average molecular weight is 379 g/mol. The lowest BCUT2D eigenvalue weighted by Crippen LogP contribution is -1.99. The summed E-state index contributed by atoms with van der Waals surface area (Å²) >= 11 is 5.91. The third-order valence-corrected chi connectivity index (χ3v) is 4.33. The van der Waals surface area contributed by atoms with E-state index in [0.717, 1.165) is 33.5 Å². The van der Waals surface area contributed by atoms with Gasteiger partial charge >= 0.3 is 0 Å². The van der Waals surface area contributed by atoms with E-state index in [-0.39, 0.29) is 5.82 Å². The van der Waals surface area contributed by atoms with Crippen LogP contribution in [0.15, 0.2) is 60.8 Å². The number of anilines is 1. The SMILES string of the molecule is Fc1cc(Cl)cc(CNc2ccc3[nH]nc(C=Cc4ccccn4)c3c2)c1. The number of pyridine rings is 1. The van der Waals surface area contributed by atoms with Gasteiger partial charge in [0.1, 0.15) is 5.82 Å². The first-order chi connectivity index (χ1) is 13.2. The van der Waals surface area contributed by atoms with Crippen molar-refractivity contribution in [2.75, 3.05) is 5.32 Å². The second-order valence-corrected chi connectivity index (χ2v) is 6.52. The zero-order chi connectivity index (χ0) is 18.6. The molecule has 0 aliphatic rings. The van der Waals surface area contributed by atoms with Crippen LogP contribution < -0.4 is 5.32 Å². The number of fused-ring (bicyclic) bond motifs is 1. The lowest BCUT2D eigenvalue weighted by Gasteiger charge is -2.07. The molecule has 0 bridgehead atoms. The molecule has 2 aromatic heterocycles. The largest absolute Gasteiger partial charge is 0.381 e. The maximum Gasteiger partial charge on any atom is 0.125 e. The third kappa shape index (κ3) is 4.15. The van der Waals surface area contributed by atoms with Crippen LogP contribution in [-0.4, -0.2) is 15.2 Å². The highest BCUT2D eigenvalue weighted by atomic mass is 35.5. The number of rotatable bonds is 5. The molecule has 0 atom stereocenters. The van der Waals surface area contributed by atoms with Gasteiger partial charge in [0.05, 0.1) is 16.9 Å². The van der Waals surface area contributed by atoms with Crippen LogP contribution in [0.3, 0.4) is 0 Å². The van der Waals surface area contributed by atoms with Gasteiger partial charge in [-0.05, 0) is 66.2 Å². The van der Waals surface area contributed by atoms with Crippen molar-refractivity contribution in [3.63, 3.8) is 0 Å². The number of aromatic nitrogens is 3. The Morgan fingerprint density at radius 1 is 1.07 bits per heavy atom. The van der Waals surface area contributed by atoms with E-state index < -0.39 is 0 Å². The van der Waals surface area contributed by atoms with Gasteiger partial charge in [0.2, 0.25) is 0 Å². The molecule has 0 saturated carbocycles. The molecule has 4 aromatic rings. The van der Waals surface area contributed by atoms with Gasteiger partial charge in [-0.3, -0.25) is 10.1 Å². The summed E-state index contributed by atoms with van der Waals surface area (Å²) in [7, 11) is 0. The van der Waals surface area contributed by atoms with E-state index in [0.29, 0.717) is 11.6 Å². The summed E-state index contributed by atoms with van der Waals surface area (Å²) in [5, 5.41) is 12.1. The minimum Gasteiger partial charge on any atom is -0.381 e. The third-order valence-electron chi connectivity index (χ3n) is 4.11. The van der Waals surface area contributed by atoms with Crippen LogP contribution in [0.25, 0.3) is 23.1 Å². The van der Waals surface area contributed by atoms with Crippen molar-refractivity contribution in [2.24, 2.45) is 0 Å². The van der Waals surface area contributed by atoms with Gasteiger partial charge in [-0.2, -0.15) is 5.10 Å². The number of halogens is 2. The molecule has 6 heteroatoms. The summed E-state index contributed by atoms with van der Waals surface area (Å²) in [5.74, 6) is -0.341. The standard InChI is InChI=1S/C21H16ClFN4/c22-15-9-14(10-16(23)11-15)13-25-18-5-7-21-19(12-18)20(26-27-21)6-4-17-3-1-2-8-24-17/h1-12,25H,13H2,(H,26,27). The Kier molecular flexibility index (Phi) is 4.85. The molecular formula is C21H16ClFN4. The summed E-state index contributed by atoms with van der Waals surface area (Å²) in [4.78, 5) is 4.27. The minimum absolute atomic E-state index is 0.341. The number of hydrogen-bond acceptors (Lipinski definition) is 3. The van der Waals surface area contributed by atoms with E-state index in [1.54, 1.807) is 12.3 Å². The summed E-state index contributed by atoms with van der Waals surface area (Å²) in [6.45, 7) is 0.472. The molecule has 4 nitrogen and oxygen atoms in total. The van der Waals surface area contributed by atoms with Gasteiger partial charge < -0.3 is 5.32 Å². The lowest BCUT2D eigenvalue weighted by atomic mass is 10.1. The molecule has 2 N–H and O–H groups in total. The molecule has 0 aliphatic carbocycles. The molecule has 0 aliphatic heterocycles. The van der Waals surface area contributed by atoms with Crippen LogP contribution in [0.1, 0.15) is 17.0 Å².